The van der Waals surface area contributed by atoms with Crippen molar-refractivity contribution in [1.82, 2.24) is 4.98 Å². The Morgan fingerprint density at radius 2 is 2.06 bits per heavy atom. The van der Waals surface area contributed by atoms with Crippen molar-refractivity contribution >= 4 is 17.3 Å². The first-order valence-electron chi connectivity index (χ1n) is 4.80. The molecule has 4 heteroatoms. The molecule has 0 aliphatic heterocycles. The van der Waals surface area contributed by atoms with Crippen LogP contribution in [0.15, 0.2) is 36.7 Å². The van der Waals surface area contributed by atoms with Crippen LogP contribution in [0.25, 0.3) is 0 Å². The largest absolute Gasteiger partial charge is 0.455 e. The van der Waals surface area contributed by atoms with Gasteiger partial charge in [-0.1, -0.05) is 11.6 Å². The van der Waals surface area contributed by atoms with E-state index >= 15 is 0 Å². The van der Waals surface area contributed by atoms with Crippen molar-refractivity contribution in [3.63, 3.8) is 0 Å². The molecule has 0 spiro atoms. The van der Waals surface area contributed by atoms with Crippen molar-refractivity contribution in [2.45, 2.75) is 6.92 Å². The molecular weight excluding hydrogens is 224 g/mol. The molecule has 0 atom stereocenters. The first-order valence-corrected chi connectivity index (χ1v) is 5.17. The average Bonchev–Trinajstić information content (AvgIpc) is 2.22. The van der Waals surface area contributed by atoms with E-state index in [0.717, 1.165) is 11.3 Å². The topological polar surface area (TPSA) is 48.1 Å². The molecule has 0 bridgehead atoms. The monoisotopic (exact) mass is 234 g/mol. The summed E-state index contributed by atoms with van der Waals surface area (Å²) in [6, 6.07) is 7.17. The van der Waals surface area contributed by atoms with E-state index in [-0.39, 0.29) is 0 Å². The fourth-order valence-corrected chi connectivity index (χ4v) is 1.57. The normalized spacial score (nSPS) is 10.1. The molecule has 0 radical (unpaired) electrons. The standard InChI is InChI=1S/C12H11ClN2O/c1-8-4-9(13)2-3-12(8)16-11-5-10(14)6-15-7-11/h2-7H,14H2,1H3. The molecule has 0 saturated heterocycles. The number of rotatable bonds is 2. The zero-order chi connectivity index (χ0) is 11.5. The van der Waals surface area contributed by atoms with E-state index < -0.39 is 0 Å². The van der Waals surface area contributed by atoms with Crippen molar-refractivity contribution in [1.29, 1.82) is 0 Å². The minimum atomic E-state index is 0.573. The summed E-state index contributed by atoms with van der Waals surface area (Å²) in [6.45, 7) is 1.93. The highest BCUT2D eigenvalue weighted by atomic mass is 35.5. The van der Waals surface area contributed by atoms with Gasteiger partial charge >= 0.3 is 0 Å². The average molecular weight is 235 g/mol. The number of nitrogens with two attached hydrogens (primary N) is 1. The molecule has 0 aliphatic carbocycles. The van der Waals surface area contributed by atoms with Crippen LogP contribution in [-0.4, -0.2) is 4.98 Å². The highest BCUT2D eigenvalue weighted by Gasteiger charge is 2.02. The van der Waals surface area contributed by atoms with Gasteiger partial charge in [-0.05, 0) is 30.7 Å². The second-order valence-electron chi connectivity index (χ2n) is 3.47. The zero-order valence-corrected chi connectivity index (χ0v) is 9.53. The molecule has 0 fully saturated rings. The predicted octanol–water partition coefficient (Wildman–Crippen LogP) is 3.42. The van der Waals surface area contributed by atoms with Crippen LogP contribution < -0.4 is 10.5 Å². The maximum atomic E-state index is 5.86. The number of aromatic nitrogens is 1. The number of nitrogens with zero attached hydrogens (tertiary/aromatic N) is 1. The molecule has 0 unspecified atom stereocenters. The van der Waals surface area contributed by atoms with Gasteiger partial charge in [0.15, 0.2) is 0 Å². The molecule has 2 aromatic rings. The smallest absolute Gasteiger partial charge is 0.147 e. The van der Waals surface area contributed by atoms with E-state index in [2.05, 4.69) is 4.98 Å². The summed E-state index contributed by atoms with van der Waals surface area (Å²) >= 11 is 5.86. The van der Waals surface area contributed by atoms with Crippen molar-refractivity contribution in [3.8, 4) is 11.5 Å². The number of ether oxygens (including phenoxy) is 1. The van der Waals surface area contributed by atoms with Gasteiger partial charge in [-0.3, -0.25) is 4.98 Å². The molecule has 82 valence electrons. The quantitative estimate of drug-likeness (QED) is 0.866. The van der Waals surface area contributed by atoms with Crippen LogP contribution in [0.5, 0.6) is 11.5 Å². The van der Waals surface area contributed by atoms with Gasteiger partial charge in [0.2, 0.25) is 0 Å². The Morgan fingerprint density at radius 3 is 2.75 bits per heavy atom. The van der Waals surface area contributed by atoms with Crippen molar-refractivity contribution in [2.24, 2.45) is 0 Å². The Labute approximate surface area is 98.8 Å². The van der Waals surface area contributed by atoms with E-state index in [9.17, 15) is 0 Å². The second kappa shape index (κ2) is 4.41. The molecule has 1 aromatic heterocycles. The highest BCUT2D eigenvalue weighted by Crippen LogP contribution is 2.27. The molecule has 1 aromatic carbocycles. The van der Waals surface area contributed by atoms with Crippen LogP contribution in [0, 0.1) is 6.92 Å². The van der Waals surface area contributed by atoms with Gasteiger partial charge in [0.25, 0.3) is 0 Å². The third-order valence-corrected chi connectivity index (χ3v) is 2.33. The lowest BCUT2D eigenvalue weighted by Crippen LogP contribution is -1.91. The molecular formula is C12H11ClN2O. The van der Waals surface area contributed by atoms with Gasteiger partial charge in [-0.15, -0.1) is 0 Å². The van der Waals surface area contributed by atoms with Gasteiger partial charge in [0.05, 0.1) is 18.1 Å². The number of pyridine rings is 1. The summed E-state index contributed by atoms with van der Waals surface area (Å²) in [4.78, 5) is 3.95. The lowest BCUT2D eigenvalue weighted by molar-refractivity contribution is 0.477. The van der Waals surface area contributed by atoms with Crippen LogP contribution >= 0.6 is 11.6 Å². The summed E-state index contributed by atoms with van der Waals surface area (Å²) in [6.07, 6.45) is 3.19. The SMILES string of the molecule is Cc1cc(Cl)ccc1Oc1cncc(N)c1. The summed E-state index contributed by atoms with van der Waals surface area (Å²) in [5.41, 5.74) is 7.15. The Balaban J connectivity index is 2.27. The van der Waals surface area contributed by atoms with Crippen LogP contribution in [-0.2, 0) is 0 Å². The lowest BCUT2D eigenvalue weighted by atomic mass is 10.2. The Kier molecular flexibility index (Phi) is 2.97. The molecule has 3 nitrogen and oxygen atoms in total. The van der Waals surface area contributed by atoms with Gasteiger partial charge in [0, 0.05) is 11.1 Å². The first-order chi connectivity index (χ1) is 7.65. The number of nitrogen functional groups attached to an aromatic ring is 1. The molecule has 16 heavy (non-hydrogen) atoms. The summed E-state index contributed by atoms with van der Waals surface area (Å²) in [5, 5.41) is 0.690. The fourth-order valence-electron chi connectivity index (χ4n) is 1.35. The van der Waals surface area contributed by atoms with Crippen LogP contribution in [0.4, 0.5) is 5.69 Å². The van der Waals surface area contributed by atoms with Crippen LogP contribution in [0.1, 0.15) is 5.56 Å². The van der Waals surface area contributed by atoms with Gasteiger partial charge < -0.3 is 10.5 Å². The van der Waals surface area contributed by atoms with Crippen molar-refractivity contribution in [2.75, 3.05) is 5.73 Å². The van der Waals surface area contributed by atoms with Crippen LogP contribution in [0.2, 0.25) is 5.02 Å². The van der Waals surface area contributed by atoms with Crippen molar-refractivity contribution < 1.29 is 4.74 Å². The predicted molar refractivity (Wildman–Crippen MR) is 64.9 cm³/mol. The maximum Gasteiger partial charge on any atom is 0.147 e. The molecule has 0 amide bonds. The second-order valence-corrected chi connectivity index (χ2v) is 3.90. The number of hydrogen-bond donors (Lipinski definition) is 1. The van der Waals surface area contributed by atoms with E-state index in [1.54, 1.807) is 24.5 Å². The highest BCUT2D eigenvalue weighted by molar-refractivity contribution is 6.30. The Bertz CT molecular complexity index is 514. The summed E-state index contributed by atoms with van der Waals surface area (Å²) < 4.78 is 5.64. The Morgan fingerprint density at radius 1 is 1.25 bits per heavy atom. The van der Waals surface area contributed by atoms with Gasteiger partial charge in [-0.2, -0.15) is 0 Å². The number of anilines is 1. The first kappa shape index (κ1) is 10.8. The molecule has 1 heterocycles. The number of aryl methyl sites for hydroxylation is 1. The molecule has 2 N–H and O–H groups in total. The fraction of sp³-hybridized carbons (Fsp3) is 0.0833. The third kappa shape index (κ3) is 2.44. The van der Waals surface area contributed by atoms with E-state index in [1.165, 1.54) is 0 Å². The maximum absolute atomic E-state index is 5.86. The molecule has 0 saturated carbocycles. The van der Waals surface area contributed by atoms with Gasteiger partial charge in [0.1, 0.15) is 11.5 Å². The van der Waals surface area contributed by atoms with Crippen LogP contribution in [0.3, 0.4) is 0 Å². The van der Waals surface area contributed by atoms with E-state index in [0.29, 0.717) is 16.5 Å². The summed E-state index contributed by atoms with van der Waals surface area (Å²) in [5.74, 6) is 1.36. The van der Waals surface area contributed by atoms with E-state index in [1.807, 2.05) is 19.1 Å². The third-order valence-electron chi connectivity index (χ3n) is 2.10. The Hall–Kier alpha value is -1.74. The molecule has 0 aliphatic rings. The minimum Gasteiger partial charge on any atom is -0.455 e. The summed E-state index contributed by atoms with van der Waals surface area (Å²) in [7, 11) is 0. The number of hydrogen-bond acceptors (Lipinski definition) is 3. The van der Waals surface area contributed by atoms with Crippen molar-refractivity contribution in [3.05, 3.63) is 47.2 Å². The number of benzene rings is 1. The lowest BCUT2D eigenvalue weighted by Gasteiger charge is -2.08. The number of halogens is 1. The zero-order valence-electron chi connectivity index (χ0n) is 8.77. The van der Waals surface area contributed by atoms with Gasteiger partial charge in [-0.25, -0.2) is 0 Å². The molecule has 2 rings (SSSR count). The van der Waals surface area contributed by atoms with E-state index in [4.69, 9.17) is 22.1 Å². The minimum absolute atomic E-state index is 0.573.